The average Bonchev–Trinajstić information content (AvgIpc) is 2.51. The van der Waals surface area contributed by atoms with Crippen LogP contribution in [-0.2, 0) is 6.42 Å². The molecule has 5 heteroatoms. The summed E-state index contributed by atoms with van der Waals surface area (Å²) in [4.78, 5) is 0. The maximum absolute atomic E-state index is 10.3. The summed E-state index contributed by atoms with van der Waals surface area (Å²) in [7, 11) is 0. The number of benzene rings is 2. The molecule has 0 fully saturated rings. The van der Waals surface area contributed by atoms with Crippen molar-refractivity contribution in [1.29, 1.82) is 0 Å². The lowest BCUT2D eigenvalue weighted by Gasteiger charge is -2.21. The Bertz CT molecular complexity index is 617. The third-order valence-electron chi connectivity index (χ3n) is 3.65. The molecule has 0 bridgehead atoms. The SMILES string of the molecule is C[C@H](NCCc1ccc(N)c(Cl)c1)[C@H](O)c1ccc(O)cc1. The van der Waals surface area contributed by atoms with Crippen molar-refractivity contribution >= 4 is 17.3 Å². The summed E-state index contributed by atoms with van der Waals surface area (Å²) in [6.07, 6.45) is 0.169. The van der Waals surface area contributed by atoms with Gasteiger partial charge in [-0.3, -0.25) is 0 Å². The zero-order valence-electron chi connectivity index (χ0n) is 12.5. The van der Waals surface area contributed by atoms with E-state index in [9.17, 15) is 10.2 Å². The van der Waals surface area contributed by atoms with Crippen LogP contribution in [0.15, 0.2) is 42.5 Å². The molecule has 0 saturated heterocycles. The minimum absolute atomic E-state index is 0.103. The van der Waals surface area contributed by atoms with E-state index in [2.05, 4.69) is 5.32 Å². The van der Waals surface area contributed by atoms with Gasteiger partial charge in [0, 0.05) is 6.04 Å². The third kappa shape index (κ3) is 4.37. The van der Waals surface area contributed by atoms with Crippen LogP contribution in [-0.4, -0.2) is 22.8 Å². The van der Waals surface area contributed by atoms with Gasteiger partial charge >= 0.3 is 0 Å². The Balaban J connectivity index is 1.85. The molecule has 0 aliphatic heterocycles. The standard InChI is InChI=1S/C17H21ClN2O2/c1-11(17(22)13-3-5-14(21)6-4-13)20-9-8-12-2-7-16(19)15(18)10-12/h2-7,10-11,17,20-22H,8-9,19H2,1H3/t11-,17-/m0/s1. The highest BCUT2D eigenvalue weighted by Crippen LogP contribution is 2.21. The second-order valence-corrected chi connectivity index (χ2v) is 5.79. The Hall–Kier alpha value is -1.75. The highest BCUT2D eigenvalue weighted by atomic mass is 35.5. The first-order chi connectivity index (χ1) is 10.5. The van der Waals surface area contributed by atoms with Gasteiger partial charge in [0.25, 0.3) is 0 Å². The number of phenols is 1. The Kier molecular flexibility index (Phi) is 5.66. The zero-order chi connectivity index (χ0) is 16.1. The lowest BCUT2D eigenvalue weighted by Crippen LogP contribution is -2.33. The minimum atomic E-state index is -0.629. The van der Waals surface area contributed by atoms with E-state index in [0.29, 0.717) is 10.7 Å². The van der Waals surface area contributed by atoms with Crippen LogP contribution < -0.4 is 11.1 Å². The lowest BCUT2D eigenvalue weighted by molar-refractivity contribution is 0.136. The van der Waals surface area contributed by atoms with Crippen LogP contribution in [0.1, 0.15) is 24.2 Å². The highest BCUT2D eigenvalue weighted by Gasteiger charge is 2.15. The predicted octanol–water partition coefficient (Wildman–Crippen LogP) is 2.88. The van der Waals surface area contributed by atoms with Gasteiger partial charge in [0.2, 0.25) is 0 Å². The van der Waals surface area contributed by atoms with E-state index in [1.807, 2.05) is 19.1 Å². The molecule has 2 atom stereocenters. The van der Waals surface area contributed by atoms with Gasteiger partial charge in [-0.2, -0.15) is 0 Å². The lowest BCUT2D eigenvalue weighted by atomic mass is 10.0. The molecule has 0 aliphatic carbocycles. The Morgan fingerprint density at radius 1 is 1.18 bits per heavy atom. The second kappa shape index (κ2) is 7.49. The van der Waals surface area contributed by atoms with E-state index in [0.717, 1.165) is 24.1 Å². The van der Waals surface area contributed by atoms with Crippen LogP contribution in [0.5, 0.6) is 5.75 Å². The number of nitrogens with one attached hydrogen (secondary N) is 1. The van der Waals surface area contributed by atoms with E-state index in [4.69, 9.17) is 17.3 Å². The average molecular weight is 321 g/mol. The quantitative estimate of drug-likeness (QED) is 0.617. The monoisotopic (exact) mass is 320 g/mol. The first kappa shape index (κ1) is 16.6. The number of rotatable bonds is 6. The summed E-state index contributed by atoms with van der Waals surface area (Å²) in [6.45, 7) is 2.64. The molecule has 118 valence electrons. The van der Waals surface area contributed by atoms with Gasteiger partial charge in [0.15, 0.2) is 0 Å². The van der Waals surface area contributed by atoms with Gasteiger partial charge in [-0.05, 0) is 55.3 Å². The molecule has 0 amide bonds. The summed E-state index contributed by atoms with van der Waals surface area (Å²) in [6, 6.07) is 12.1. The van der Waals surface area contributed by atoms with E-state index >= 15 is 0 Å². The minimum Gasteiger partial charge on any atom is -0.508 e. The highest BCUT2D eigenvalue weighted by molar-refractivity contribution is 6.33. The van der Waals surface area contributed by atoms with Crippen molar-refractivity contribution in [2.75, 3.05) is 12.3 Å². The van der Waals surface area contributed by atoms with Crippen LogP contribution in [0.25, 0.3) is 0 Å². The van der Waals surface area contributed by atoms with Gasteiger partial charge in [-0.15, -0.1) is 0 Å². The molecule has 0 saturated carbocycles. The molecule has 5 N–H and O–H groups in total. The third-order valence-corrected chi connectivity index (χ3v) is 3.98. The number of aliphatic hydroxyl groups is 1. The number of nitrogens with two attached hydrogens (primary N) is 1. The van der Waals surface area contributed by atoms with Crippen molar-refractivity contribution in [3.05, 3.63) is 58.6 Å². The van der Waals surface area contributed by atoms with Crippen LogP contribution in [0.2, 0.25) is 5.02 Å². The van der Waals surface area contributed by atoms with E-state index in [1.165, 1.54) is 0 Å². The van der Waals surface area contributed by atoms with Crippen molar-refractivity contribution in [2.45, 2.75) is 25.5 Å². The van der Waals surface area contributed by atoms with Gasteiger partial charge in [-0.1, -0.05) is 29.8 Å². The molecular formula is C17H21ClN2O2. The molecule has 2 rings (SSSR count). The van der Waals surface area contributed by atoms with Gasteiger partial charge in [0.05, 0.1) is 16.8 Å². The number of hydrogen-bond donors (Lipinski definition) is 4. The fourth-order valence-electron chi connectivity index (χ4n) is 2.24. The fraction of sp³-hybridized carbons (Fsp3) is 0.294. The van der Waals surface area contributed by atoms with Crippen LogP contribution in [0.3, 0.4) is 0 Å². The number of aromatic hydroxyl groups is 1. The molecule has 0 spiro atoms. The Labute approximate surface area is 135 Å². The van der Waals surface area contributed by atoms with Crippen molar-refractivity contribution < 1.29 is 10.2 Å². The summed E-state index contributed by atoms with van der Waals surface area (Å²) in [5.74, 6) is 0.191. The molecule has 0 radical (unpaired) electrons. The summed E-state index contributed by atoms with van der Waals surface area (Å²) in [5.41, 5.74) is 8.13. The normalized spacial score (nSPS) is 13.8. The zero-order valence-corrected chi connectivity index (χ0v) is 13.2. The van der Waals surface area contributed by atoms with Crippen LogP contribution >= 0.6 is 11.6 Å². The van der Waals surface area contributed by atoms with E-state index in [1.54, 1.807) is 30.3 Å². The van der Waals surface area contributed by atoms with Crippen molar-refractivity contribution in [3.63, 3.8) is 0 Å². The number of halogens is 1. The van der Waals surface area contributed by atoms with Crippen molar-refractivity contribution in [3.8, 4) is 5.75 Å². The van der Waals surface area contributed by atoms with Gasteiger partial charge < -0.3 is 21.3 Å². The Morgan fingerprint density at radius 3 is 2.50 bits per heavy atom. The molecule has 0 aromatic heterocycles. The molecule has 2 aromatic carbocycles. The van der Waals surface area contributed by atoms with E-state index < -0.39 is 6.10 Å². The molecule has 4 nitrogen and oxygen atoms in total. The number of aliphatic hydroxyl groups excluding tert-OH is 1. The Morgan fingerprint density at radius 2 is 1.86 bits per heavy atom. The topological polar surface area (TPSA) is 78.5 Å². The van der Waals surface area contributed by atoms with E-state index in [-0.39, 0.29) is 11.8 Å². The van der Waals surface area contributed by atoms with Crippen molar-refractivity contribution in [1.82, 2.24) is 5.32 Å². The van der Waals surface area contributed by atoms with Crippen LogP contribution in [0.4, 0.5) is 5.69 Å². The van der Waals surface area contributed by atoms with Crippen molar-refractivity contribution in [2.24, 2.45) is 0 Å². The molecule has 22 heavy (non-hydrogen) atoms. The first-order valence-corrected chi connectivity index (χ1v) is 7.59. The smallest absolute Gasteiger partial charge is 0.115 e. The molecule has 2 aromatic rings. The van der Waals surface area contributed by atoms with Gasteiger partial charge in [-0.25, -0.2) is 0 Å². The number of anilines is 1. The first-order valence-electron chi connectivity index (χ1n) is 7.21. The largest absolute Gasteiger partial charge is 0.508 e. The number of phenolic OH excluding ortho intramolecular Hbond substituents is 1. The number of hydrogen-bond acceptors (Lipinski definition) is 4. The molecular weight excluding hydrogens is 300 g/mol. The summed E-state index contributed by atoms with van der Waals surface area (Å²) < 4.78 is 0. The summed E-state index contributed by atoms with van der Waals surface area (Å²) >= 11 is 5.99. The molecule has 0 heterocycles. The maximum atomic E-state index is 10.3. The second-order valence-electron chi connectivity index (χ2n) is 5.39. The molecule has 0 unspecified atom stereocenters. The fourth-order valence-corrected chi connectivity index (χ4v) is 2.45. The predicted molar refractivity (Wildman–Crippen MR) is 90.1 cm³/mol. The maximum Gasteiger partial charge on any atom is 0.115 e. The number of nitrogen functional groups attached to an aromatic ring is 1. The van der Waals surface area contributed by atoms with Gasteiger partial charge in [0.1, 0.15) is 5.75 Å². The summed E-state index contributed by atoms with van der Waals surface area (Å²) in [5, 5.41) is 23.4. The van der Waals surface area contributed by atoms with Crippen LogP contribution in [0, 0.1) is 0 Å². The molecule has 0 aliphatic rings.